The van der Waals surface area contributed by atoms with Crippen molar-refractivity contribution in [2.24, 2.45) is 0 Å². The lowest BCUT2D eigenvalue weighted by molar-refractivity contribution is 1.22. The molecule has 0 aliphatic heterocycles. The van der Waals surface area contributed by atoms with Crippen LogP contribution in [0.15, 0.2) is 103 Å². The molecule has 0 amide bonds. The number of hydrogen-bond acceptors (Lipinski definition) is 0. The van der Waals surface area contributed by atoms with Crippen LogP contribution in [0.5, 0.6) is 0 Å². The van der Waals surface area contributed by atoms with Gasteiger partial charge >= 0.3 is 0 Å². The van der Waals surface area contributed by atoms with Crippen LogP contribution in [0, 0.1) is 0 Å². The van der Waals surface area contributed by atoms with Crippen LogP contribution in [0.1, 0.15) is 13.3 Å². The van der Waals surface area contributed by atoms with Crippen molar-refractivity contribution in [1.29, 1.82) is 0 Å². The van der Waals surface area contributed by atoms with E-state index in [0.717, 1.165) is 12.6 Å². The summed E-state index contributed by atoms with van der Waals surface area (Å²) in [7, 11) is -1.67. The van der Waals surface area contributed by atoms with E-state index in [0.29, 0.717) is 0 Å². The first-order valence-corrected chi connectivity index (χ1v) is 10.6. The Hall–Kier alpha value is -2.17. The quantitative estimate of drug-likeness (QED) is 0.443. The highest BCUT2D eigenvalue weighted by atomic mass is 31.2. The van der Waals surface area contributed by atoms with Crippen LogP contribution in [0.3, 0.4) is 0 Å². The van der Waals surface area contributed by atoms with E-state index >= 15 is 0 Å². The summed E-state index contributed by atoms with van der Waals surface area (Å²) < 4.78 is 0. The molecule has 0 saturated heterocycles. The molecule has 0 saturated carbocycles. The van der Waals surface area contributed by atoms with Gasteiger partial charge in [0, 0.05) is 0 Å². The van der Waals surface area contributed by atoms with E-state index in [1.807, 2.05) is 0 Å². The van der Waals surface area contributed by atoms with Gasteiger partial charge in [-0.3, -0.25) is 0 Å². The van der Waals surface area contributed by atoms with E-state index in [4.69, 9.17) is 0 Å². The number of benzene rings is 3. The highest BCUT2D eigenvalue weighted by Crippen LogP contribution is 2.55. The van der Waals surface area contributed by atoms with Gasteiger partial charge in [0.15, 0.2) is 0 Å². The van der Waals surface area contributed by atoms with E-state index in [2.05, 4.69) is 110 Å². The summed E-state index contributed by atoms with van der Waals surface area (Å²) in [4.78, 5) is 0. The molecule has 3 aromatic carbocycles. The standard InChI is InChI=1S/C23H24P/c1-2-3-13-20-24(21-14-7-4-8-15-21,22-16-9-5-10-17-22)23-18-11-6-12-19-23/h3-19H,2,20H2,1H3/q+1. The molecule has 3 rings (SSSR count). The van der Waals surface area contributed by atoms with Crippen molar-refractivity contribution in [3.05, 3.63) is 103 Å². The lowest BCUT2D eigenvalue weighted by Gasteiger charge is -2.26. The van der Waals surface area contributed by atoms with Gasteiger partial charge < -0.3 is 0 Å². The molecule has 1 heteroatoms. The van der Waals surface area contributed by atoms with Gasteiger partial charge in [0.25, 0.3) is 0 Å². The maximum atomic E-state index is 2.38. The van der Waals surface area contributed by atoms with Gasteiger partial charge in [0.1, 0.15) is 23.2 Å². The van der Waals surface area contributed by atoms with Gasteiger partial charge in [-0.15, -0.1) is 0 Å². The van der Waals surface area contributed by atoms with Crippen molar-refractivity contribution < 1.29 is 0 Å². The maximum Gasteiger partial charge on any atom is 0.115 e. The van der Waals surface area contributed by atoms with Crippen molar-refractivity contribution in [3.63, 3.8) is 0 Å². The van der Waals surface area contributed by atoms with Crippen LogP contribution in [0.25, 0.3) is 0 Å². The van der Waals surface area contributed by atoms with Crippen molar-refractivity contribution in [1.82, 2.24) is 0 Å². The molecule has 120 valence electrons. The van der Waals surface area contributed by atoms with Gasteiger partial charge in [-0.1, -0.05) is 73.7 Å². The molecule has 0 aliphatic carbocycles. The minimum Gasteiger partial charge on any atom is -0.0852 e. The Morgan fingerprint density at radius 1 is 0.583 bits per heavy atom. The first-order chi connectivity index (χ1) is 11.9. The molecular formula is C23H24P+. The van der Waals surface area contributed by atoms with Crippen LogP contribution in [-0.2, 0) is 0 Å². The van der Waals surface area contributed by atoms with Gasteiger partial charge in [0.05, 0.1) is 6.16 Å². The van der Waals surface area contributed by atoms with Crippen LogP contribution >= 0.6 is 7.26 Å². The molecule has 3 aromatic rings. The predicted octanol–water partition coefficient (Wildman–Crippen LogP) is 4.95. The van der Waals surface area contributed by atoms with Crippen molar-refractivity contribution in [2.75, 3.05) is 6.16 Å². The second-order valence-electron chi connectivity index (χ2n) is 5.88. The van der Waals surface area contributed by atoms with Crippen LogP contribution in [-0.4, -0.2) is 6.16 Å². The van der Waals surface area contributed by atoms with Crippen molar-refractivity contribution >= 4 is 23.2 Å². The second-order valence-corrected chi connectivity index (χ2v) is 9.41. The van der Waals surface area contributed by atoms with Crippen LogP contribution in [0.2, 0.25) is 0 Å². The smallest absolute Gasteiger partial charge is 0.0852 e. The summed E-state index contributed by atoms with van der Waals surface area (Å²) >= 11 is 0. The van der Waals surface area contributed by atoms with Gasteiger partial charge in [0.2, 0.25) is 0 Å². The van der Waals surface area contributed by atoms with Gasteiger partial charge in [-0.05, 0) is 42.8 Å². The van der Waals surface area contributed by atoms with Crippen LogP contribution < -0.4 is 15.9 Å². The monoisotopic (exact) mass is 331 g/mol. The molecule has 0 N–H and O–H groups in total. The lowest BCUT2D eigenvalue weighted by atomic mass is 10.4. The fourth-order valence-corrected chi connectivity index (χ4v) is 7.25. The average Bonchev–Trinajstić information content (AvgIpc) is 2.68. The summed E-state index contributed by atoms with van der Waals surface area (Å²) in [5.74, 6) is 0. The van der Waals surface area contributed by atoms with E-state index in [1.54, 1.807) is 0 Å². The zero-order valence-electron chi connectivity index (χ0n) is 14.2. The molecule has 0 unspecified atom stereocenters. The molecule has 0 spiro atoms. The Morgan fingerprint density at radius 2 is 0.958 bits per heavy atom. The molecule has 0 bridgehead atoms. The largest absolute Gasteiger partial charge is 0.115 e. The summed E-state index contributed by atoms with van der Waals surface area (Å²) in [6.07, 6.45) is 6.82. The average molecular weight is 331 g/mol. The Labute approximate surface area is 146 Å². The molecular weight excluding hydrogens is 307 g/mol. The number of allylic oxidation sites excluding steroid dienone is 2. The molecule has 0 nitrogen and oxygen atoms in total. The number of hydrogen-bond donors (Lipinski definition) is 0. The third kappa shape index (κ3) is 3.35. The normalized spacial score (nSPS) is 11.7. The molecule has 0 atom stereocenters. The topological polar surface area (TPSA) is 0 Å². The first-order valence-electron chi connectivity index (χ1n) is 8.58. The lowest BCUT2D eigenvalue weighted by Crippen LogP contribution is -2.32. The maximum absolute atomic E-state index is 2.38. The molecule has 0 heterocycles. The zero-order valence-corrected chi connectivity index (χ0v) is 15.1. The number of rotatable bonds is 6. The Balaban J connectivity index is 2.26. The van der Waals surface area contributed by atoms with E-state index in [9.17, 15) is 0 Å². The molecule has 0 fully saturated rings. The Bertz CT molecular complexity index is 664. The molecule has 24 heavy (non-hydrogen) atoms. The van der Waals surface area contributed by atoms with Gasteiger partial charge in [-0.25, -0.2) is 0 Å². The first kappa shape index (κ1) is 16.7. The second kappa shape index (κ2) is 8.08. The fraction of sp³-hybridized carbons (Fsp3) is 0.130. The predicted molar refractivity (Wildman–Crippen MR) is 109 cm³/mol. The third-order valence-corrected chi connectivity index (χ3v) is 8.67. The molecule has 0 aromatic heterocycles. The molecule has 0 aliphatic rings. The van der Waals surface area contributed by atoms with E-state index in [1.165, 1.54) is 15.9 Å². The summed E-state index contributed by atoms with van der Waals surface area (Å²) in [5.41, 5.74) is 0. The summed E-state index contributed by atoms with van der Waals surface area (Å²) in [6, 6.07) is 33.1. The SMILES string of the molecule is CCC=CC[P+](c1ccccc1)(c1ccccc1)c1ccccc1. The Kier molecular flexibility index (Phi) is 5.62. The van der Waals surface area contributed by atoms with Gasteiger partial charge in [-0.2, -0.15) is 0 Å². The molecule has 0 radical (unpaired) electrons. The van der Waals surface area contributed by atoms with E-state index in [-0.39, 0.29) is 0 Å². The van der Waals surface area contributed by atoms with Crippen LogP contribution in [0.4, 0.5) is 0 Å². The Morgan fingerprint density at radius 3 is 1.29 bits per heavy atom. The zero-order chi connectivity index (χ0) is 16.7. The summed E-state index contributed by atoms with van der Waals surface area (Å²) in [5, 5.41) is 4.34. The highest BCUT2D eigenvalue weighted by Gasteiger charge is 2.43. The summed E-state index contributed by atoms with van der Waals surface area (Å²) in [6.45, 7) is 2.20. The van der Waals surface area contributed by atoms with Crippen molar-refractivity contribution in [3.8, 4) is 0 Å². The minimum absolute atomic E-state index is 1.07. The minimum atomic E-state index is -1.67. The van der Waals surface area contributed by atoms with E-state index < -0.39 is 7.26 Å². The third-order valence-electron chi connectivity index (χ3n) is 4.37. The van der Waals surface area contributed by atoms with Crippen molar-refractivity contribution in [2.45, 2.75) is 13.3 Å². The highest BCUT2D eigenvalue weighted by molar-refractivity contribution is 7.95. The fourth-order valence-electron chi connectivity index (χ4n) is 3.21.